The molecule has 0 saturated heterocycles. The Hall–Kier alpha value is -5.11. The fourth-order valence-electron chi connectivity index (χ4n) is 3.93. The van der Waals surface area contributed by atoms with Crippen LogP contribution in [0.15, 0.2) is 93.5 Å². The molecule has 1 unspecified atom stereocenters. The van der Waals surface area contributed by atoms with E-state index < -0.39 is 30.5 Å². The first kappa shape index (κ1) is 41.9. The lowest BCUT2D eigenvalue weighted by Gasteiger charge is -2.05. The van der Waals surface area contributed by atoms with E-state index in [1.54, 1.807) is 57.2 Å². The maximum absolute atomic E-state index is 11.6. The van der Waals surface area contributed by atoms with E-state index in [0.717, 1.165) is 22.3 Å². The molecule has 0 radical (unpaired) electrons. The van der Waals surface area contributed by atoms with Crippen molar-refractivity contribution in [1.29, 1.82) is 21.0 Å². The van der Waals surface area contributed by atoms with Crippen LogP contribution in [0.25, 0.3) is 0 Å². The van der Waals surface area contributed by atoms with Crippen molar-refractivity contribution in [3.8, 4) is 24.3 Å². The molecule has 0 aromatic heterocycles. The van der Waals surface area contributed by atoms with Gasteiger partial charge in [0.05, 0.1) is 72.9 Å². The molecule has 0 aliphatic heterocycles. The van der Waals surface area contributed by atoms with Crippen molar-refractivity contribution in [2.24, 2.45) is 0 Å². The Balaban J connectivity index is 0.000000330. The minimum Gasteiger partial charge on any atom is -0.254 e. The van der Waals surface area contributed by atoms with Gasteiger partial charge in [0.25, 0.3) is 0 Å². The third-order valence-corrected chi connectivity index (χ3v) is 11.3. The van der Waals surface area contributed by atoms with Gasteiger partial charge in [-0.2, -0.15) is 21.0 Å². The topological polar surface area (TPSA) is 181 Å². The molecule has 4 aromatic rings. The molecule has 12 heteroatoms. The molecular weight excluding hydrogens is 677 g/mol. The summed E-state index contributed by atoms with van der Waals surface area (Å²) in [5.74, 6) is 0.651. The largest absolute Gasteiger partial charge is 0.254 e. The number of hydrogen-bond acceptors (Lipinski definition) is 9. The van der Waals surface area contributed by atoms with Crippen LogP contribution in [0.2, 0.25) is 0 Å². The molecule has 0 fully saturated rings. The van der Waals surface area contributed by atoms with Crippen molar-refractivity contribution in [2.75, 3.05) is 17.8 Å². The maximum Gasteiger partial charge on any atom is 0.178 e. The standard InChI is InChI=1S/C10H11NO2S.C10H11NOS.C9H9NO2S.C8H7N/c1-3-14(12,13)10-6-9(7-11)5-4-8(10)2;1-3-13(12)10-6-9(7-11)5-4-8(10)2;1-7-3-4-8(6-10)5-9(7)13(2,11)12;1-7-2-4-8(6-9)5-3-7/h4-6H,3H2,1-2H3;4-6H,3H2,1-2H3;3-5H,1-2H3;2-5H,1H3. The molecule has 0 spiro atoms. The minimum atomic E-state index is -3.22. The fraction of sp³-hybridized carbons (Fsp3) is 0.243. The van der Waals surface area contributed by atoms with Crippen LogP contribution in [0.1, 0.15) is 58.4 Å². The van der Waals surface area contributed by atoms with Crippen molar-refractivity contribution in [1.82, 2.24) is 0 Å². The van der Waals surface area contributed by atoms with Gasteiger partial charge < -0.3 is 0 Å². The van der Waals surface area contributed by atoms with Gasteiger partial charge in [-0.15, -0.1) is 0 Å². The number of sulfone groups is 2. The number of hydrogen-bond donors (Lipinski definition) is 0. The van der Waals surface area contributed by atoms with Gasteiger partial charge in [-0.25, -0.2) is 16.8 Å². The molecule has 0 bridgehead atoms. The molecule has 254 valence electrons. The van der Waals surface area contributed by atoms with Gasteiger partial charge in [0.1, 0.15) is 0 Å². The molecule has 1 atom stereocenters. The van der Waals surface area contributed by atoms with E-state index in [-0.39, 0.29) is 15.5 Å². The Kier molecular flexibility index (Phi) is 16.8. The molecule has 0 saturated carbocycles. The Morgan fingerprint density at radius 2 is 0.959 bits per heavy atom. The zero-order chi connectivity index (χ0) is 37.4. The predicted octanol–water partition coefficient (Wildman–Crippen LogP) is 6.79. The fourth-order valence-corrected chi connectivity index (χ4v) is 7.09. The molecular formula is C37H38N4O5S3. The van der Waals surface area contributed by atoms with Crippen molar-refractivity contribution in [2.45, 2.75) is 56.2 Å². The Morgan fingerprint density at radius 1 is 0.571 bits per heavy atom. The van der Waals surface area contributed by atoms with Gasteiger partial charge in [-0.05, 0) is 92.9 Å². The first-order valence-corrected chi connectivity index (χ1v) is 19.6. The maximum atomic E-state index is 11.6. The van der Waals surface area contributed by atoms with Crippen LogP contribution in [0.4, 0.5) is 0 Å². The highest BCUT2D eigenvalue weighted by atomic mass is 32.2. The Bertz CT molecular complexity index is 2180. The average molecular weight is 715 g/mol. The lowest BCUT2D eigenvalue weighted by Crippen LogP contribution is -2.05. The third kappa shape index (κ3) is 13.5. The molecule has 0 aliphatic rings. The number of nitriles is 4. The lowest BCUT2D eigenvalue weighted by molar-refractivity contribution is 0.596. The van der Waals surface area contributed by atoms with Crippen molar-refractivity contribution in [3.63, 3.8) is 0 Å². The first-order valence-electron chi connectivity index (χ1n) is 14.8. The van der Waals surface area contributed by atoms with Crippen molar-refractivity contribution >= 4 is 30.5 Å². The molecule has 0 amide bonds. The van der Waals surface area contributed by atoms with Crippen LogP contribution in [0, 0.1) is 73.0 Å². The second kappa shape index (κ2) is 19.6. The molecule has 4 rings (SSSR count). The van der Waals surface area contributed by atoms with E-state index in [2.05, 4.69) is 6.07 Å². The van der Waals surface area contributed by atoms with Gasteiger partial charge in [-0.1, -0.05) is 49.7 Å². The van der Waals surface area contributed by atoms with Gasteiger partial charge in [-0.3, -0.25) is 4.21 Å². The van der Waals surface area contributed by atoms with Gasteiger partial charge in [0.15, 0.2) is 19.7 Å². The molecule has 4 aromatic carbocycles. The Morgan fingerprint density at radius 3 is 1.37 bits per heavy atom. The van der Waals surface area contributed by atoms with Crippen LogP contribution in [-0.2, 0) is 30.5 Å². The molecule has 49 heavy (non-hydrogen) atoms. The summed E-state index contributed by atoms with van der Waals surface area (Å²) in [5.41, 5.74) is 5.57. The number of nitrogens with zero attached hydrogens (tertiary/aromatic N) is 4. The zero-order valence-electron chi connectivity index (χ0n) is 28.5. The predicted molar refractivity (Wildman–Crippen MR) is 191 cm³/mol. The van der Waals surface area contributed by atoms with E-state index in [9.17, 15) is 21.0 Å². The van der Waals surface area contributed by atoms with Gasteiger partial charge >= 0.3 is 0 Å². The quantitative estimate of drug-likeness (QED) is 0.215. The van der Waals surface area contributed by atoms with E-state index in [0.29, 0.717) is 33.6 Å². The average Bonchev–Trinajstić information content (AvgIpc) is 3.09. The minimum absolute atomic E-state index is 0.0583. The monoisotopic (exact) mass is 714 g/mol. The lowest BCUT2D eigenvalue weighted by atomic mass is 10.2. The summed E-state index contributed by atoms with van der Waals surface area (Å²) in [6.45, 7) is 10.8. The SMILES string of the molecule is CCS(=O)(=O)c1cc(C#N)ccc1C.CCS(=O)c1cc(C#N)ccc1C.Cc1ccc(C#N)cc1.Cc1ccc(C#N)cc1S(C)(=O)=O. The highest BCUT2D eigenvalue weighted by Crippen LogP contribution is 2.18. The summed E-state index contributed by atoms with van der Waals surface area (Å²) >= 11 is 0. The smallest absolute Gasteiger partial charge is 0.178 e. The summed E-state index contributed by atoms with van der Waals surface area (Å²) in [6, 6.07) is 30.0. The molecule has 0 N–H and O–H groups in total. The summed E-state index contributed by atoms with van der Waals surface area (Å²) in [5, 5.41) is 34.3. The summed E-state index contributed by atoms with van der Waals surface area (Å²) in [7, 11) is -7.39. The third-order valence-electron chi connectivity index (χ3n) is 6.75. The number of aryl methyl sites for hydroxylation is 4. The molecule has 9 nitrogen and oxygen atoms in total. The van der Waals surface area contributed by atoms with Crippen LogP contribution >= 0.6 is 0 Å². The van der Waals surface area contributed by atoms with E-state index in [1.165, 1.54) is 17.7 Å². The highest BCUT2D eigenvalue weighted by molar-refractivity contribution is 7.91. The second-order valence-corrected chi connectivity index (χ2v) is 16.5. The van der Waals surface area contributed by atoms with E-state index in [4.69, 9.17) is 21.0 Å². The summed E-state index contributed by atoms with van der Waals surface area (Å²) < 4.78 is 57.1. The van der Waals surface area contributed by atoms with Crippen LogP contribution in [0.5, 0.6) is 0 Å². The number of rotatable bonds is 5. The van der Waals surface area contributed by atoms with Crippen molar-refractivity contribution < 1.29 is 21.0 Å². The zero-order valence-corrected chi connectivity index (χ0v) is 30.9. The Labute approximate surface area is 293 Å². The summed E-state index contributed by atoms with van der Waals surface area (Å²) in [4.78, 5) is 1.27. The van der Waals surface area contributed by atoms with E-state index in [1.807, 2.05) is 69.3 Å². The van der Waals surface area contributed by atoms with Crippen molar-refractivity contribution in [3.05, 3.63) is 123 Å². The van der Waals surface area contributed by atoms with Gasteiger partial charge in [0.2, 0.25) is 0 Å². The van der Waals surface area contributed by atoms with E-state index >= 15 is 0 Å². The van der Waals surface area contributed by atoms with Crippen LogP contribution in [0.3, 0.4) is 0 Å². The van der Waals surface area contributed by atoms with Crippen LogP contribution < -0.4 is 0 Å². The molecule has 0 aliphatic carbocycles. The highest BCUT2D eigenvalue weighted by Gasteiger charge is 2.15. The molecule has 0 heterocycles. The van der Waals surface area contributed by atoms with Crippen LogP contribution in [-0.4, -0.2) is 38.8 Å². The number of benzene rings is 4. The normalized spacial score (nSPS) is 10.8. The first-order chi connectivity index (χ1) is 23.0. The van der Waals surface area contributed by atoms with Gasteiger partial charge in [0, 0.05) is 16.9 Å². The second-order valence-electron chi connectivity index (χ2n) is 10.6. The summed E-state index contributed by atoms with van der Waals surface area (Å²) in [6.07, 6.45) is 1.14.